The SMILES string of the molecule is c1cc2ccc3[o+]c4ccccc4c4ccc(c1)c2c34. The van der Waals surface area contributed by atoms with Crippen molar-refractivity contribution in [2.75, 3.05) is 0 Å². The van der Waals surface area contributed by atoms with E-state index in [1.165, 1.54) is 32.3 Å². The topological polar surface area (TPSA) is 11.3 Å². The third kappa shape index (κ3) is 1.15. The highest BCUT2D eigenvalue weighted by Gasteiger charge is 2.19. The molecule has 5 aromatic rings. The molecule has 0 amide bonds. The van der Waals surface area contributed by atoms with Gasteiger partial charge in [-0.2, -0.15) is 0 Å². The average Bonchev–Trinajstić information content (AvgIpc) is 2.52. The van der Waals surface area contributed by atoms with Crippen molar-refractivity contribution in [2.45, 2.75) is 0 Å². The fourth-order valence-electron chi connectivity index (χ4n) is 3.26. The van der Waals surface area contributed by atoms with Gasteiger partial charge in [0.25, 0.3) is 0 Å². The van der Waals surface area contributed by atoms with Crippen molar-refractivity contribution in [1.82, 2.24) is 0 Å². The van der Waals surface area contributed by atoms with Crippen LogP contribution in [-0.2, 0) is 0 Å². The van der Waals surface area contributed by atoms with Crippen LogP contribution in [0.1, 0.15) is 0 Å². The summed E-state index contributed by atoms with van der Waals surface area (Å²) >= 11 is 0. The van der Waals surface area contributed by atoms with Gasteiger partial charge in [-0.25, -0.2) is 4.42 Å². The maximum atomic E-state index is 6.09. The summed E-state index contributed by atoms with van der Waals surface area (Å²) in [6.07, 6.45) is 0. The lowest BCUT2D eigenvalue weighted by molar-refractivity contribution is 0.662. The molecular formula is C19H11O+. The number of hydrogen-bond acceptors (Lipinski definition) is 0. The van der Waals surface area contributed by atoms with Gasteiger partial charge in [-0.3, -0.25) is 0 Å². The Morgan fingerprint density at radius 2 is 1.30 bits per heavy atom. The van der Waals surface area contributed by atoms with Gasteiger partial charge < -0.3 is 0 Å². The largest absolute Gasteiger partial charge is 0.362 e. The number of fused-ring (bicyclic) bond motifs is 2. The zero-order valence-corrected chi connectivity index (χ0v) is 10.8. The number of hydrogen-bond donors (Lipinski definition) is 0. The van der Waals surface area contributed by atoms with Crippen LogP contribution in [0.4, 0.5) is 0 Å². The molecule has 92 valence electrons. The van der Waals surface area contributed by atoms with Crippen LogP contribution in [0.25, 0.3) is 43.5 Å². The molecule has 5 rings (SSSR count). The first-order valence-electron chi connectivity index (χ1n) is 6.80. The average molecular weight is 255 g/mol. The Labute approximate surface area is 115 Å². The van der Waals surface area contributed by atoms with Gasteiger partial charge in [-0.05, 0) is 22.9 Å². The van der Waals surface area contributed by atoms with Crippen molar-refractivity contribution in [1.29, 1.82) is 0 Å². The van der Waals surface area contributed by atoms with Crippen LogP contribution < -0.4 is 0 Å². The van der Waals surface area contributed by atoms with Gasteiger partial charge in [-0.15, -0.1) is 0 Å². The van der Waals surface area contributed by atoms with E-state index >= 15 is 0 Å². The summed E-state index contributed by atoms with van der Waals surface area (Å²) in [7, 11) is 0. The van der Waals surface area contributed by atoms with Gasteiger partial charge >= 0.3 is 11.2 Å². The van der Waals surface area contributed by atoms with Gasteiger partial charge in [0.15, 0.2) is 0 Å². The van der Waals surface area contributed by atoms with Crippen molar-refractivity contribution >= 4 is 43.5 Å². The van der Waals surface area contributed by atoms with Crippen molar-refractivity contribution in [3.63, 3.8) is 0 Å². The fourth-order valence-corrected chi connectivity index (χ4v) is 3.26. The van der Waals surface area contributed by atoms with Crippen LogP contribution in [0.3, 0.4) is 0 Å². The first-order valence-corrected chi connectivity index (χ1v) is 6.80. The van der Waals surface area contributed by atoms with E-state index < -0.39 is 0 Å². The van der Waals surface area contributed by atoms with Crippen molar-refractivity contribution in [3.05, 3.63) is 66.7 Å². The van der Waals surface area contributed by atoms with Gasteiger partial charge in [0.1, 0.15) is 0 Å². The summed E-state index contributed by atoms with van der Waals surface area (Å²) in [5, 5.41) is 7.53. The minimum absolute atomic E-state index is 0.943. The second-order valence-corrected chi connectivity index (χ2v) is 5.23. The fraction of sp³-hybridized carbons (Fsp3) is 0. The molecule has 0 aliphatic heterocycles. The zero-order chi connectivity index (χ0) is 13.1. The van der Waals surface area contributed by atoms with E-state index in [1.807, 2.05) is 12.1 Å². The maximum absolute atomic E-state index is 6.09. The normalized spacial score (nSPS) is 12.0. The minimum Gasteiger partial charge on any atom is -0.207 e. The molecule has 4 aromatic carbocycles. The molecule has 20 heavy (non-hydrogen) atoms. The Morgan fingerprint density at radius 3 is 2.20 bits per heavy atom. The highest BCUT2D eigenvalue weighted by atomic mass is 16.3. The molecule has 0 radical (unpaired) electrons. The molecule has 0 unspecified atom stereocenters. The maximum Gasteiger partial charge on any atom is 0.362 e. The van der Waals surface area contributed by atoms with Gasteiger partial charge in [0.05, 0.1) is 10.8 Å². The molecule has 1 heterocycles. The molecule has 0 bridgehead atoms. The highest BCUT2D eigenvalue weighted by Crippen LogP contribution is 2.38. The Bertz CT molecular complexity index is 1080. The molecule has 0 spiro atoms. The van der Waals surface area contributed by atoms with Crippen LogP contribution >= 0.6 is 0 Å². The summed E-state index contributed by atoms with van der Waals surface area (Å²) < 4.78 is 6.09. The quantitative estimate of drug-likeness (QED) is 0.199. The minimum atomic E-state index is 0.943. The summed E-state index contributed by atoms with van der Waals surface area (Å²) in [4.78, 5) is 0. The van der Waals surface area contributed by atoms with E-state index in [9.17, 15) is 0 Å². The molecule has 0 N–H and O–H groups in total. The first-order chi connectivity index (χ1) is 9.92. The van der Waals surface area contributed by atoms with E-state index in [0.717, 1.165) is 11.2 Å². The number of benzene rings is 4. The van der Waals surface area contributed by atoms with E-state index in [0.29, 0.717) is 0 Å². The van der Waals surface area contributed by atoms with Crippen LogP contribution in [-0.4, -0.2) is 0 Å². The van der Waals surface area contributed by atoms with Crippen LogP contribution in [0.5, 0.6) is 0 Å². The van der Waals surface area contributed by atoms with Crippen LogP contribution in [0.2, 0.25) is 0 Å². The lowest BCUT2D eigenvalue weighted by Crippen LogP contribution is -1.85. The molecule has 0 atom stereocenters. The summed E-state index contributed by atoms with van der Waals surface area (Å²) in [5.74, 6) is 0. The standard InChI is InChI=1S/C19H11O/c1-2-7-16-14(6-1)15-10-8-12-4-3-5-13-9-11-17(20-16)19(15)18(12)13/h1-11H/q+1. The van der Waals surface area contributed by atoms with Crippen LogP contribution in [0, 0.1) is 0 Å². The molecule has 1 nitrogen and oxygen atoms in total. The second kappa shape index (κ2) is 3.45. The molecule has 0 saturated heterocycles. The van der Waals surface area contributed by atoms with E-state index in [4.69, 9.17) is 4.42 Å². The molecule has 0 fully saturated rings. The Morgan fingerprint density at radius 1 is 0.500 bits per heavy atom. The molecule has 0 aliphatic carbocycles. The molecule has 1 heteroatoms. The van der Waals surface area contributed by atoms with Crippen molar-refractivity contribution in [2.24, 2.45) is 0 Å². The molecule has 0 aliphatic rings. The van der Waals surface area contributed by atoms with Gasteiger partial charge in [-0.1, -0.05) is 42.5 Å². The van der Waals surface area contributed by atoms with Gasteiger partial charge in [0.2, 0.25) is 0 Å². The van der Waals surface area contributed by atoms with E-state index in [-0.39, 0.29) is 0 Å². The Kier molecular flexibility index (Phi) is 1.75. The zero-order valence-electron chi connectivity index (χ0n) is 10.8. The monoisotopic (exact) mass is 255 g/mol. The lowest BCUT2D eigenvalue weighted by Gasteiger charge is -2.06. The number of rotatable bonds is 0. The summed E-state index contributed by atoms with van der Waals surface area (Å²) in [6, 6.07) is 23.3. The Balaban J connectivity index is 2.23. The third-order valence-electron chi connectivity index (χ3n) is 4.14. The van der Waals surface area contributed by atoms with Crippen LogP contribution in [0.15, 0.2) is 71.1 Å². The summed E-state index contributed by atoms with van der Waals surface area (Å²) in [6.45, 7) is 0. The predicted octanol–water partition coefficient (Wildman–Crippen LogP) is 5.61. The third-order valence-corrected chi connectivity index (χ3v) is 4.14. The molecular weight excluding hydrogens is 244 g/mol. The van der Waals surface area contributed by atoms with Crippen molar-refractivity contribution in [3.8, 4) is 0 Å². The first kappa shape index (κ1) is 10.2. The smallest absolute Gasteiger partial charge is 0.207 e. The molecule has 0 saturated carbocycles. The highest BCUT2D eigenvalue weighted by molar-refractivity contribution is 6.26. The number of para-hydroxylation sites is 1. The van der Waals surface area contributed by atoms with E-state index in [1.54, 1.807) is 0 Å². The lowest BCUT2D eigenvalue weighted by atomic mass is 9.95. The Hall–Kier alpha value is -2.67. The van der Waals surface area contributed by atoms with Crippen molar-refractivity contribution < 1.29 is 4.42 Å². The van der Waals surface area contributed by atoms with Gasteiger partial charge in [0, 0.05) is 22.9 Å². The molecule has 1 aromatic heterocycles. The second-order valence-electron chi connectivity index (χ2n) is 5.23. The predicted molar refractivity (Wildman–Crippen MR) is 84.3 cm³/mol. The van der Waals surface area contributed by atoms with E-state index in [2.05, 4.69) is 54.6 Å². The summed E-state index contributed by atoms with van der Waals surface area (Å²) in [5.41, 5.74) is 1.90.